The van der Waals surface area contributed by atoms with Crippen molar-refractivity contribution in [1.29, 1.82) is 0 Å². The molecule has 24 heavy (non-hydrogen) atoms. The van der Waals surface area contributed by atoms with Gasteiger partial charge in [0.05, 0.1) is 11.6 Å². The molecule has 2 aromatic carbocycles. The van der Waals surface area contributed by atoms with Crippen LogP contribution in [0.2, 0.25) is 0 Å². The third kappa shape index (κ3) is 2.63. The molecule has 1 amide bonds. The number of ketones is 1. The first kappa shape index (κ1) is 15.7. The van der Waals surface area contributed by atoms with Crippen molar-refractivity contribution in [1.82, 2.24) is 4.90 Å². The van der Waals surface area contributed by atoms with E-state index >= 15 is 0 Å². The molecule has 1 heterocycles. The minimum Gasteiger partial charge on any atom is -0.507 e. The summed E-state index contributed by atoms with van der Waals surface area (Å²) in [5, 5.41) is 10.7. The first-order valence-corrected chi connectivity index (χ1v) is 7.65. The Hall–Kier alpha value is -3.14. The number of carbonyl (C=O) groups is 2. The molecule has 3 rings (SSSR count). The number of aliphatic hydroxyl groups is 1. The number of hydrogen-bond donors (Lipinski definition) is 1. The van der Waals surface area contributed by atoms with E-state index in [9.17, 15) is 14.7 Å². The van der Waals surface area contributed by atoms with Crippen LogP contribution in [0.4, 0.5) is 0 Å². The maximum atomic E-state index is 12.5. The first-order valence-electron chi connectivity index (χ1n) is 7.65. The molecule has 0 bridgehead atoms. The van der Waals surface area contributed by atoms with E-state index in [0.717, 1.165) is 5.56 Å². The molecule has 1 saturated heterocycles. The van der Waals surface area contributed by atoms with Crippen molar-refractivity contribution in [2.24, 2.45) is 0 Å². The molecule has 0 aliphatic carbocycles. The summed E-state index contributed by atoms with van der Waals surface area (Å²) in [5.41, 5.74) is 1.39. The SMILES string of the molecule is C=CCN1C(=O)C(=O)/C(=C(\O)c2ccccc2)C1c1ccccc1. The van der Waals surface area contributed by atoms with Gasteiger partial charge in [0, 0.05) is 12.1 Å². The Kier molecular flexibility index (Phi) is 4.29. The predicted octanol–water partition coefficient (Wildman–Crippen LogP) is 3.29. The maximum Gasteiger partial charge on any atom is 0.295 e. The molecule has 0 aromatic heterocycles. The van der Waals surface area contributed by atoms with E-state index in [1.54, 1.807) is 30.3 Å². The van der Waals surface area contributed by atoms with E-state index in [1.807, 2.05) is 36.4 Å². The summed E-state index contributed by atoms with van der Waals surface area (Å²) < 4.78 is 0. The molecule has 1 N–H and O–H groups in total. The Morgan fingerprint density at radius 2 is 1.62 bits per heavy atom. The molecule has 0 spiro atoms. The van der Waals surface area contributed by atoms with Crippen molar-refractivity contribution in [3.8, 4) is 0 Å². The number of hydrogen-bond acceptors (Lipinski definition) is 3. The molecule has 120 valence electrons. The Morgan fingerprint density at radius 3 is 2.21 bits per heavy atom. The molecular weight excluding hydrogens is 302 g/mol. The monoisotopic (exact) mass is 319 g/mol. The molecule has 4 nitrogen and oxygen atoms in total. The fraction of sp³-hybridized carbons (Fsp3) is 0.100. The average molecular weight is 319 g/mol. The van der Waals surface area contributed by atoms with Gasteiger partial charge in [0.25, 0.3) is 11.7 Å². The Labute approximate surface area is 140 Å². The molecule has 0 saturated carbocycles. The van der Waals surface area contributed by atoms with Crippen LogP contribution in [0.25, 0.3) is 5.76 Å². The van der Waals surface area contributed by atoms with Crippen LogP contribution in [0.15, 0.2) is 78.9 Å². The lowest BCUT2D eigenvalue weighted by atomic mass is 9.95. The van der Waals surface area contributed by atoms with Crippen molar-refractivity contribution in [2.45, 2.75) is 6.04 Å². The van der Waals surface area contributed by atoms with Crippen molar-refractivity contribution in [2.75, 3.05) is 6.54 Å². The molecule has 2 aromatic rings. The fourth-order valence-corrected chi connectivity index (χ4v) is 2.94. The summed E-state index contributed by atoms with van der Waals surface area (Å²) in [6.07, 6.45) is 1.57. The number of likely N-dealkylation sites (tertiary alicyclic amines) is 1. The molecule has 1 unspecified atom stereocenters. The fourth-order valence-electron chi connectivity index (χ4n) is 2.94. The number of amides is 1. The number of benzene rings is 2. The number of nitrogens with zero attached hydrogens (tertiary/aromatic N) is 1. The van der Waals surface area contributed by atoms with Crippen LogP contribution < -0.4 is 0 Å². The number of carbonyl (C=O) groups excluding carboxylic acids is 2. The molecule has 4 heteroatoms. The average Bonchev–Trinajstić information content (AvgIpc) is 2.88. The van der Waals surface area contributed by atoms with Crippen LogP contribution >= 0.6 is 0 Å². The number of rotatable bonds is 4. The number of aliphatic hydroxyl groups excluding tert-OH is 1. The second-order valence-electron chi connectivity index (χ2n) is 5.52. The molecule has 1 aliphatic heterocycles. The Bertz CT molecular complexity index is 809. The highest BCUT2D eigenvalue weighted by Crippen LogP contribution is 2.38. The lowest BCUT2D eigenvalue weighted by Gasteiger charge is -2.24. The third-order valence-corrected chi connectivity index (χ3v) is 4.03. The van der Waals surface area contributed by atoms with E-state index in [1.165, 1.54) is 4.90 Å². The van der Waals surface area contributed by atoms with E-state index < -0.39 is 17.7 Å². The molecule has 1 aliphatic rings. The van der Waals surface area contributed by atoms with Crippen LogP contribution in [0.5, 0.6) is 0 Å². The van der Waals surface area contributed by atoms with Crippen molar-refractivity contribution >= 4 is 17.4 Å². The van der Waals surface area contributed by atoms with Crippen LogP contribution in [-0.2, 0) is 9.59 Å². The molecular formula is C20H17NO3. The summed E-state index contributed by atoms with van der Waals surface area (Å²) in [4.78, 5) is 26.4. The smallest absolute Gasteiger partial charge is 0.295 e. The van der Waals surface area contributed by atoms with Crippen molar-refractivity contribution in [3.63, 3.8) is 0 Å². The van der Waals surface area contributed by atoms with Crippen LogP contribution in [0.3, 0.4) is 0 Å². The van der Waals surface area contributed by atoms with E-state index in [2.05, 4.69) is 6.58 Å². The lowest BCUT2D eigenvalue weighted by molar-refractivity contribution is -0.139. The van der Waals surface area contributed by atoms with Crippen LogP contribution in [0, 0.1) is 0 Å². The Morgan fingerprint density at radius 1 is 1.04 bits per heavy atom. The van der Waals surface area contributed by atoms with Crippen LogP contribution in [-0.4, -0.2) is 28.2 Å². The zero-order valence-electron chi connectivity index (χ0n) is 13.1. The summed E-state index contributed by atoms with van der Waals surface area (Å²) in [6.45, 7) is 3.89. The normalized spacial score (nSPS) is 19.5. The second kappa shape index (κ2) is 6.54. The quantitative estimate of drug-likeness (QED) is 0.407. The summed E-state index contributed by atoms with van der Waals surface area (Å²) in [6, 6.07) is 17.4. The van der Waals surface area contributed by atoms with Gasteiger partial charge in [0.1, 0.15) is 5.76 Å². The maximum absolute atomic E-state index is 12.5. The van der Waals surface area contributed by atoms with Gasteiger partial charge in [0.2, 0.25) is 0 Å². The van der Waals surface area contributed by atoms with Gasteiger partial charge in [-0.05, 0) is 5.56 Å². The second-order valence-corrected chi connectivity index (χ2v) is 5.52. The van der Waals surface area contributed by atoms with Crippen molar-refractivity contribution < 1.29 is 14.7 Å². The largest absolute Gasteiger partial charge is 0.507 e. The summed E-state index contributed by atoms with van der Waals surface area (Å²) in [7, 11) is 0. The molecule has 0 radical (unpaired) electrons. The standard InChI is InChI=1S/C20H17NO3/c1-2-13-21-17(14-9-5-3-6-10-14)16(19(23)20(21)24)18(22)15-11-7-4-8-12-15/h2-12,17,22H,1,13H2/b18-16-. The zero-order chi connectivity index (χ0) is 17.1. The summed E-state index contributed by atoms with van der Waals surface area (Å²) >= 11 is 0. The van der Waals surface area contributed by atoms with E-state index in [-0.39, 0.29) is 17.9 Å². The minimum atomic E-state index is -0.674. The van der Waals surface area contributed by atoms with Gasteiger partial charge in [-0.25, -0.2) is 0 Å². The minimum absolute atomic E-state index is 0.110. The van der Waals surface area contributed by atoms with E-state index in [0.29, 0.717) is 5.56 Å². The highest BCUT2D eigenvalue weighted by Gasteiger charge is 2.45. The molecule has 1 fully saturated rings. The topological polar surface area (TPSA) is 57.6 Å². The van der Waals surface area contributed by atoms with Gasteiger partial charge in [-0.1, -0.05) is 66.7 Å². The highest BCUT2D eigenvalue weighted by molar-refractivity contribution is 6.46. The van der Waals surface area contributed by atoms with Crippen molar-refractivity contribution in [3.05, 3.63) is 90.0 Å². The van der Waals surface area contributed by atoms with Gasteiger partial charge in [0.15, 0.2) is 0 Å². The first-order chi connectivity index (χ1) is 11.6. The van der Waals surface area contributed by atoms with Gasteiger partial charge >= 0.3 is 0 Å². The molecule has 1 atom stereocenters. The van der Waals surface area contributed by atoms with Gasteiger partial charge in [-0.3, -0.25) is 9.59 Å². The number of Topliss-reactive ketones (excluding diaryl/α,β-unsaturated/α-hetero) is 1. The highest BCUT2D eigenvalue weighted by atomic mass is 16.3. The van der Waals surface area contributed by atoms with Gasteiger partial charge in [-0.15, -0.1) is 6.58 Å². The lowest BCUT2D eigenvalue weighted by Crippen LogP contribution is -2.29. The Balaban J connectivity index is 2.20. The third-order valence-electron chi connectivity index (χ3n) is 4.03. The summed E-state index contributed by atoms with van der Waals surface area (Å²) in [5.74, 6) is -1.46. The van der Waals surface area contributed by atoms with Gasteiger partial charge in [-0.2, -0.15) is 0 Å². The zero-order valence-corrected chi connectivity index (χ0v) is 13.1. The van der Waals surface area contributed by atoms with Gasteiger partial charge < -0.3 is 10.0 Å². The van der Waals surface area contributed by atoms with E-state index in [4.69, 9.17) is 0 Å². The van der Waals surface area contributed by atoms with Crippen LogP contribution in [0.1, 0.15) is 17.2 Å². The predicted molar refractivity (Wildman–Crippen MR) is 92.1 cm³/mol.